The Morgan fingerprint density at radius 2 is 2.06 bits per heavy atom. The van der Waals surface area contributed by atoms with E-state index in [2.05, 4.69) is 39.3 Å². The van der Waals surface area contributed by atoms with Gasteiger partial charge in [0.15, 0.2) is 5.88 Å². The van der Waals surface area contributed by atoms with Crippen molar-refractivity contribution in [1.29, 1.82) is 0 Å². The van der Waals surface area contributed by atoms with E-state index in [0.29, 0.717) is 23.9 Å². The maximum absolute atomic E-state index is 10.7. The molecule has 7 nitrogen and oxygen atoms in total. The lowest BCUT2D eigenvalue weighted by molar-refractivity contribution is 0.0722. The summed E-state index contributed by atoms with van der Waals surface area (Å²) in [7, 11) is 0. The molecule has 32 heavy (non-hydrogen) atoms. The second kappa shape index (κ2) is 9.14. The Balaban J connectivity index is 1.37. The van der Waals surface area contributed by atoms with Gasteiger partial charge in [0, 0.05) is 34.9 Å². The van der Waals surface area contributed by atoms with Crippen molar-refractivity contribution in [2.24, 2.45) is 0 Å². The molecule has 5 rings (SSSR count). The maximum atomic E-state index is 10.7. The van der Waals surface area contributed by atoms with Gasteiger partial charge in [0.1, 0.15) is 12.1 Å². The van der Waals surface area contributed by atoms with Crippen LogP contribution in [0.15, 0.2) is 42.7 Å². The van der Waals surface area contributed by atoms with Crippen molar-refractivity contribution in [1.82, 2.24) is 20.3 Å². The van der Waals surface area contributed by atoms with Crippen LogP contribution in [0.2, 0.25) is 0 Å². The van der Waals surface area contributed by atoms with Crippen LogP contribution in [0.25, 0.3) is 33.1 Å². The average Bonchev–Trinajstić information content (AvgIpc) is 3.16. The fourth-order valence-corrected chi connectivity index (χ4v) is 4.34. The van der Waals surface area contributed by atoms with Crippen LogP contribution in [-0.4, -0.2) is 52.5 Å². The number of aromatic amines is 1. The zero-order valence-corrected chi connectivity index (χ0v) is 18.2. The Kier molecular flexibility index (Phi) is 5.92. The van der Waals surface area contributed by atoms with Gasteiger partial charge in [0.2, 0.25) is 0 Å². The molecule has 7 heteroatoms. The number of H-pyrrole nitrogens is 1. The first-order valence-corrected chi connectivity index (χ1v) is 11.3. The van der Waals surface area contributed by atoms with E-state index < -0.39 is 0 Å². The first-order chi connectivity index (χ1) is 15.7. The molecule has 3 heterocycles. The van der Waals surface area contributed by atoms with Crippen molar-refractivity contribution in [2.75, 3.05) is 26.4 Å². The minimum Gasteiger partial charge on any atom is -0.494 e. The lowest BCUT2D eigenvalue weighted by atomic mass is 10.0. The van der Waals surface area contributed by atoms with Gasteiger partial charge in [-0.1, -0.05) is 19.1 Å². The molecule has 1 aliphatic rings. The molecule has 0 radical (unpaired) electrons. The summed E-state index contributed by atoms with van der Waals surface area (Å²) in [6.07, 6.45) is 4.46. The fraction of sp³-hybridized carbons (Fsp3) is 0.360. The number of hydrogen-bond donors (Lipinski definition) is 3. The van der Waals surface area contributed by atoms with Crippen molar-refractivity contribution < 1.29 is 14.6 Å². The van der Waals surface area contributed by atoms with Gasteiger partial charge in [-0.2, -0.15) is 0 Å². The largest absolute Gasteiger partial charge is 0.494 e. The number of nitrogens with one attached hydrogen (secondary N) is 2. The van der Waals surface area contributed by atoms with Crippen molar-refractivity contribution in [3.63, 3.8) is 0 Å². The van der Waals surface area contributed by atoms with E-state index in [1.54, 1.807) is 0 Å². The molecule has 1 atom stereocenters. The minimum atomic E-state index is 0.119. The zero-order valence-electron chi connectivity index (χ0n) is 18.2. The van der Waals surface area contributed by atoms with E-state index in [-0.39, 0.29) is 5.88 Å². The quantitative estimate of drug-likeness (QED) is 0.379. The van der Waals surface area contributed by atoms with Gasteiger partial charge in [0.25, 0.3) is 0 Å². The zero-order chi connectivity index (χ0) is 21.9. The molecule has 0 aliphatic carbocycles. The van der Waals surface area contributed by atoms with E-state index in [4.69, 9.17) is 9.47 Å². The highest BCUT2D eigenvalue weighted by molar-refractivity contribution is 6.05. The second-order valence-electron chi connectivity index (χ2n) is 8.20. The highest BCUT2D eigenvalue weighted by atomic mass is 16.5. The van der Waals surface area contributed by atoms with E-state index in [0.717, 1.165) is 66.6 Å². The van der Waals surface area contributed by atoms with Gasteiger partial charge >= 0.3 is 0 Å². The average molecular weight is 433 g/mol. The molecular weight excluding hydrogens is 404 g/mol. The number of ether oxygens (including phenoxy) is 2. The molecule has 0 amide bonds. The summed E-state index contributed by atoms with van der Waals surface area (Å²) in [5.74, 6) is 0.902. The molecule has 2 aromatic heterocycles. The molecule has 1 aliphatic heterocycles. The summed E-state index contributed by atoms with van der Waals surface area (Å²) >= 11 is 0. The monoisotopic (exact) mass is 432 g/mol. The summed E-state index contributed by atoms with van der Waals surface area (Å²) in [6, 6.07) is 12.5. The van der Waals surface area contributed by atoms with E-state index >= 15 is 0 Å². The molecule has 3 N–H and O–H groups in total. The standard InChI is InChI=1S/C25H28N4O3/c1-2-16-5-7-19-22(12-16)29-25(30)23(19)24-20-8-6-18(13-21(20)27-15-28-24)32-10-3-4-17-14-31-11-9-26-17/h5-8,12-13,15,17,26,29-30H,2-4,9-11,14H2,1H3. The van der Waals surface area contributed by atoms with Gasteiger partial charge in [-0.15, -0.1) is 0 Å². The normalized spacial score (nSPS) is 16.6. The molecule has 1 saturated heterocycles. The number of aryl methyl sites for hydroxylation is 1. The van der Waals surface area contributed by atoms with Crippen LogP contribution in [0.1, 0.15) is 25.3 Å². The molecule has 2 aromatic carbocycles. The lowest BCUT2D eigenvalue weighted by Crippen LogP contribution is -2.41. The SMILES string of the molecule is CCc1ccc2c(-c3ncnc4cc(OCCCC5COCCN5)ccc34)c(O)[nH]c2c1. The summed E-state index contributed by atoms with van der Waals surface area (Å²) < 4.78 is 11.5. The van der Waals surface area contributed by atoms with Gasteiger partial charge in [-0.25, -0.2) is 9.97 Å². The second-order valence-corrected chi connectivity index (χ2v) is 8.20. The molecule has 0 spiro atoms. The van der Waals surface area contributed by atoms with Gasteiger partial charge in [-0.05, 0) is 43.0 Å². The van der Waals surface area contributed by atoms with Crippen molar-refractivity contribution in [3.05, 3.63) is 48.3 Å². The minimum absolute atomic E-state index is 0.119. The Morgan fingerprint density at radius 1 is 1.16 bits per heavy atom. The number of nitrogens with zero attached hydrogens (tertiary/aromatic N) is 2. The smallest absolute Gasteiger partial charge is 0.199 e. The van der Waals surface area contributed by atoms with Crippen molar-refractivity contribution in [3.8, 4) is 22.9 Å². The molecule has 0 saturated carbocycles. The highest BCUT2D eigenvalue weighted by Gasteiger charge is 2.18. The Labute approximate surface area is 186 Å². The molecular formula is C25H28N4O3. The Bertz CT molecular complexity index is 1230. The third kappa shape index (κ3) is 4.13. The lowest BCUT2D eigenvalue weighted by Gasteiger charge is -2.23. The van der Waals surface area contributed by atoms with Crippen LogP contribution in [0.3, 0.4) is 0 Å². The fourth-order valence-electron chi connectivity index (χ4n) is 4.34. The van der Waals surface area contributed by atoms with Gasteiger partial charge < -0.3 is 24.9 Å². The van der Waals surface area contributed by atoms with Crippen molar-refractivity contribution >= 4 is 21.8 Å². The number of benzene rings is 2. The van der Waals surface area contributed by atoms with Gasteiger partial charge in [0.05, 0.1) is 36.6 Å². The van der Waals surface area contributed by atoms with Crippen LogP contribution in [0.4, 0.5) is 0 Å². The number of morpholine rings is 1. The molecule has 1 fully saturated rings. The van der Waals surface area contributed by atoms with E-state index in [1.807, 2.05) is 24.3 Å². The van der Waals surface area contributed by atoms with Crippen LogP contribution in [0.5, 0.6) is 11.6 Å². The van der Waals surface area contributed by atoms with E-state index in [1.165, 1.54) is 11.9 Å². The summed E-state index contributed by atoms with van der Waals surface area (Å²) in [5.41, 5.74) is 4.31. The third-order valence-corrected chi connectivity index (χ3v) is 6.06. The summed E-state index contributed by atoms with van der Waals surface area (Å²) in [6.45, 7) is 5.25. The predicted octanol–water partition coefficient (Wildman–Crippen LogP) is 4.19. The number of aromatic hydroxyl groups is 1. The number of fused-ring (bicyclic) bond motifs is 2. The Morgan fingerprint density at radius 3 is 2.91 bits per heavy atom. The number of aromatic nitrogens is 3. The van der Waals surface area contributed by atoms with E-state index in [9.17, 15) is 5.11 Å². The third-order valence-electron chi connectivity index (χ3n) is 6.06. The molecule has 0 bridgehead atoms. The highest BCUT2D eigenvalue weighted by Crippen LogP contribution is 2.39. The Hall–Kier alpha value is -3.16. The predicted molar refractivity (Wildman–Crippen MR) is 125 cm³/mol. The maximum Gasteiger partial charge on any atom is 0.199 e. The van der Waals surface area contributed by atoms with Crippen molar-refractivity contribution in [2.45, 2.75) is 32.2 Å². The van der Waals surface area contributed by atoms with Crippen LogP contribution >= 0.6 is 0 Å². The summed E-state index contributed by atoms with van der Waals surface area (Å²) in [4.78, 5) is 12.0. The first-order valence-electron chi connectivity index (χ1n) is 11.3. The van der Waals surface area contributed by atoms with Crippen LogP contribution in [0, 0.1) is 0 Å². The molecule has 4 aromatic rings. The first kappa shape index (κ1) is 20.7. The molecule has 1 unspecified atom stereocenters. The number of hydrogen-bond acceptors (Lipinski definition) is 6. The van der Waals surface area contributed by atoms with Crippen LogP contribution < -0.4 is 10.1 Å². The summed E-state index contributed by atoms with van der Waals surface area (Å²) in [5, 5.41) is 15.9. The van der Waals surface area contributed by atoms with Gasteiger partial charge in [-0.3, -0.25) is 0 Å². The number of rotatable bonds is 7. The molecule has 166 valence electrons. The topological polar surface area (TPSA) is 92.3 Å². The van der Waals surface area contributed by atoms with Crippen LogP contribution in [-0.2, 0) is 11.2 Å².